The fourth-order valence-corrected chi connectivity index (χ4v) is 2.67. The normalized spacial score (nSPS) is 12.5. The third kappa shape index (κ3) is 3.93. The van der Waals surface area contributed by atoms with Gasteiger partial charge in [-0.2, -0.15) is 10.2 Å². The highest BCUT2D eigenvalue weighted by atomic mass is 16.3. The highest BCUT2D eigenvalue weighted by Crippen LogP contribution is 2.17. The summed E-state index contributed by atoms with van der Waals surface area (Å²) in [5.74, 6) is 1.52. The van der Waals surface area contributed by atoms with Gasteiger partial charge in [-0.1, -0.05) is 6.92 Å². The molecular weight excluding hydrogens is 316 g/mol. The van der Waals surface area contributed by atoms with Crippen molar-refractivity contribution in [3.63, 3.8) is 0 Å². The smallest absolute Gasteiger partial charge is 0.181 e. The molecule has 3 rings (SSSR count). The Morgan fingerprint density at radius 1 is 1.20 bits per heavy atom. The quantitative estimate of drug-likeness (QED) is 0.688. The maximum absolute atomic E-state index is 10.0. The molecule has 0 spiro atoms. The average Bonchev–Trinajstić information content (AvgIpc) is 3.18. The molecule has 0 aliphatic rings. The summed E-state index contributed by atoms with van der Waals surface area (Å²) in [6.07, 6.45) is 5.22. The molecule has 0 radical (unpaired) electrons. The van der Waals surface area contributed by atoms with Crippen molar-refractivity contribution in [3.05, 3.63) is 47.3 Å². The number of hydrogen-bond donors (Lipinski definition) is 2. The number of nitrogens with one attached hydrogen (secondary N) is 1. The molecule has 132 valence electrons. The third-order valence-corrected chi connectivity index (χ3v) is 4.48. The van der Waals surface area contributed by atoms with Crippen molar-refractivity contribution < 1.29 is 5.11 Å². The number of aromatic amines is 1. The van der Waals surface area contributed by atoms with E-state index in [0.717, 1.165) is 35.6 Å². The molecule has 0 unspecified atom stereocenters. The zero-order valence-corrected chi connectivity index (χ0v) is 14.9. The van der Waals surface area contributed by atoms with Gasteiger partial charge >= 0.3 is 0 Å². The summed E-state index contributed by atoms with van der Waals surface area (Å²) in [5, 5.41) is 22.0. The molecular formula is C18H24N6O. The Kier molecular flexibility index (Phi) is 5.23. The largest absolute Gasteiger partial charge is 0.391 e. The van der Waals surface area contributed by atoms with Gasteiger partial charge in [0, 0.05) is 30.1 Å². The van der Waals surface area contributed by atoms with Gasteiger partial charge in [-0.25, -0.2) is 9.67 Å². The van der Waals surface area contributed by atoms with Crippen LogP contribution in [-0.2, 0) is 19.4 Å². The lowest BCUT2D eigenvalue weighted by atomic mass is 10.1. The summed E-state index contributed by atoms with van der Waals surface area (Å²) in [6.45, 7) is 6.50. The van der Waals surface area contributed by atoms with Crippen molar-refractivity contribution in [2.45, 2.75) is 52.7 Å². The maximum atomic E-state index is 10.0. The first-order valence-corrected chi connectivity index (χ1v) is 8.61. The first kappa shape index (κ1) is 17.3. The van der Waals surface area contributed by atoms with Crippen LogP contribution in [0.25, 0.3) is 11.4 Å². The first-order valence-electron chi connectivity index (χ1n) is 8.61. The minimum atomic E-state index is -0.430. The molecule has 0 amide bonds. The van der Waals surface area contributed by atoms with E-state index in [1.807, 2.05) is 30.7 Å². The second-order valence-corrected chi connectivity index (χ2v) is 6.25. The van der Waals surface area contributed by atoms with Crippen molar-refractivity contribution in [2.24, 2.45) is 0 Å². The van der Waals surface area contributed by atoms with Crippen molar-refractivity contribution in [2.75, 3.05) is 0 Å². The molecule has 3 aromatic heterocycles. The van der Waals surface area contributed by atoms with Gasteiger partial charge in [0.05, 0.1) is 18.3 Å². The van der Waals surface area contributed by atoms with Crippen molar-refractivity contribution in [3.8, 4) is 11.4 Å². The summed E-state index contributed by atoms with van der Waals surface area (Å²) >= 11 is 0. The van der Waals surface area contributed by atoms with E-state index in [1.54, 1.807) is 12.4 Å². The zero-order chi connectivity index (χ0) is 17.8. The lowest BCUT2D eigenvalue weighted by molar-refractivity contribution is 0.144. The molecule has 0 saturated carbocycles. The predicted octanol–water partition coefficient (Wildman–Crippen LogP) is 2.24. The van der Waals surface area contributed by atoms with Crippen LogP contribution in [0, 0.1) is 13.8 Å². The van der Waals surface area contributed by atoms with E-state index in [9.17, 15) is 5.11 Å². The van der Waals surface area contributed by atoms with E-state index in [-0.39, 0.29) is 0 Å². The number of aryl methyl sites for hydroxylation is 3. The SMILES string of the molecule is CC[C@@H](O)Cn1nc(-c2ccncc2)nc1CCc1n[nH]c(C)c1C. The van der Waals surface area contributed by atoms with E-state index < -0.39 is 6.10 Å². The van der Waals surface area contributed by atoms with Crippen molar-refractivity contribution in [1.29, 1.82) is 0 Å². The summed E-state index contributed by atoms with van der Waals surface area (Å²) in [4.78, 5) is 8.73. The van der Waals surface area contributed by atoms with E-state index in [4.69, 9.17) is 4.98 Å². The number of pyridine rings is 1. The Balaban J connectivity index is 1.85. The van der Waals surface area contributed by atoms with Crippen LogP contribution in [-0.4, -0.2) is 41.2 Å². The highest BCUT2D eigenvalue weighted by Gasteiger charge is 2.15. The number of aliphatic hydroxyl groups is 1. The molecule has 7 nitrogen and oxygen atoms in total. The fraction of sp³-hybridized carbons (Fsp3) is 0.444. The molecule has 0 aromatic carbocycles. The Morgan fingerprint density at radius 2 is 1.96 bits per heavy atom. The Morgan fingerprint density at radius 3 is 2.60 bits per heavy atom. The second kappa shape index (κ2) is 7.57. The topological polar surface area (TPSA) is 92.5 Å². The van der Waals surface area contributed by atoms with Crippen LogP contribution < -0.4 is 0 Å². The molecule has 0 fully saturated rings. The molecule has 7 heteroatoms. The first-order chi connectivity index (χ1) is 12.1. The molecule has 0 aliphatic heterocycles. The van der Waals surface area contributed by atoms with Crippen LogP contribution in [0.15, 0.2) is 24.5 Å². The lowest BCUT2D eigenvalue weighted by Gasteiger charge is -2.09. The molecule has 25 heavy (non-hydrogen) atoms. The number of nitrogens with zero attached hydrogens (tertiary/aromatic N) is 5. The molecule has 0 bridgehead atoms. The van der Waals surface area contributed by atoms with Crippen LogP contribution >= 0.6 is 0 Å². The summed E-state index contributed by atoms with van der Waals surface area (Å²) in [7, 11) is 0. The van der Waals surface area contributed by atoms with Gasteiger partial charge < -0.3 is 5.11 Å². The van der Waals surface area contributed by atoms with Crippen molar-refractivity contribution in [1.82, 2.24) is 29.9 Å². The molecule has 0 aliphatic carbocycles. The Bertz CT molecular complexity index is 823. The van der Waals surface area contributed by atoms with E-state index in [0.29, 0.717) is 18.8 Å². The average molecular weight is 340 g/mol. The standard InChI is InChI=1S/C18H24N6O/c1-4-15(25)11-24-17(6-5-16-12(2)13(3)21-22-16)20-18(23-24)14-7-9-19-10-8-14/h7-10,15,25H,4-6,11H2,1-3H3,(H,21,22)/t15-/m1/s1. The van der Waals surface area contributed by atoms with Crippen LogP contribution in [0.4, 0.5) is 0 Å². The Labute approximate surface area is 147 Å². The van der Waals surface area contributed by atoms with E-state index in [1.165, 1.54) is 5.56 Å². The number of hydrogen-bond acceptors (Lipinski definition) is 5. The van der Waals surface area contributed by atoms with E-state index >= 15 is 0 Å². The maximum Gasteiger partial charge on any atom is 0.181 e. The molecule has 0 saturated heterocycles. The molecule has 2 N–H and O–H groups in total. The molecule has 1 atom stereocenters. The van der Waals surface area contributed by atoms with Crippen LogP contribution in [0.2, 0.25) is 0 Å². The predicted molar refractivity (Wildman–Crippen MR) is 95.0 cm³/mol. The minimum Gasteiger partial charge on any atom is -0.391 e. The number of H-pyrrole nitrogens is 1. The number of aliphatic hydroxyl groups excluding tert-OH is 1. The zero-order valence-electron chi connectivity index (χ0n) is 14.9. The van der Waals surface area contributed by atoms with Gasteiger partial charge in [0.15, 0.2) is 5.82 Å². The molecule has 3 heterocycles. The fourth-order valence-electron chi connectivity index (χ4n) is 2.67. The van der Waals surface area contributed by atoms with Gasteiger partial charge in [0.2, 0.25) is 0 Å². The third-order valence-electron chi connectivity index (χ3n) is 4.48. The number of rotatable bonds is 7. The van der Waals surface area contributed by atoms with E-state index in [2.05, 4.69) is 27.2 Å². The second-order valence-electron chi connectivity index (χ2n) is 6.25. The van der Waals surface area contributed by atoms with Gasteiger partial charge in [-0.3, -0.25) is 10.1 Å². The van der Waals surface area contributed by atoms with Gasteiger partial charge in [0.1, 0.15) is 5.82 Å². The van der Waals surface area contributed by atoms with Gasteiger partial charge in [-0.05, 0) is 44.4 Å². The molecule has 3 aromatic rings. The van der Waals surface area contributed by atoms with Crippen LogP contribution in [0.1, 0.15) is 36.1 Å². The van der Waals surface area contributed by atoms with Crippen LogP contribution in [0.3, 0.4) is 0 Å². The van der Waals surface area contributed by atoms with Gasteiger partial charge in [0.25, 0.3) is 0 Å². The lowest BCUT2D eigenvalue weighted by Crippen LogP contribution is -2.18. The summed E-state index contributed by atoms with van der Waals surface area (Å²) < 4.78 is 1.82. The monoisotopic (exact) mass is 340 g/mol. The summed E-state index contributed by atoms with van der Waals surface area (Å²) in [5.41, 5.74) is 4.26. The van der Waals surface area contributed by atoms with Crippen LogP contribution in [0.5, 0.6) is 0 Å². The Hall–Kier alpha value is -2.54. The van der Waals surface area contributed by atoms with Gasteiger partial charge in [-0.15, -0.1) is 0 Å². The highest BCUT2D eigenvalue weighted by molar-refractivity contribution is 5.53. The number of aromatic nitrogens is 6. The summed E-state index contributed by atoms with van der Waals surface area (Å²) in [6, 6.07) is 3.78. The van der Waals surface area contributed by atoms with Crippen molar-refractivity contribution >= 4 is 0 Å². The minimum absolute atomic E-state index is 0.430.